The average Bonchev–Trinajstić information content (AvgIpc) is 3.89. The minimum absolute atomic E-state index is 0.111. The monoisotopic (exact) mass is 643 g/mol. The highest BCUT2D eigenvalue weighted by atomic mass is 16.2. The van der Waals surface area contributed by atoms with Crippen molar-refractivity contribution in [3.8, 4) is 11.4 Å². The number of amides is 2. The fourth-order valence-electron chi connectivity index (χ4n) is 7.93. The molecular formula is C37H41N9O2. The number of nitrogens with one attached hydrogen (secondary N) is 1. The number of hydrogen-bond donors (Lipinski definition) is 1. The molecule has 1 spiro atoms. The summed E-state index contributed by atoms with van der Waals surface area (Å²) in [6, 6.07) is 14.4. The maximum atomic E-state index is 14.0. The average molecular weight is 644 g/mol. The van der Waals surface area contributed by atoms with Gasteiger partial charge in [-0.25, -0.2) is 4.98 Å². The molecule has 1 N–H and O–H groups in total. The summed E-state index contributed by atoms with van der Waals surface area (Å²) in [5.74, 6) is 1.43. The highest BCUT2D eigenvalue weighted by Gasteiger charge is 2.51. The molecule has 8 rings (SSSR count). The third-order valence-electron chi connectivity index (χ3n) is 10.7. The van der Waals surface area contributed by atoms with Crippen molar-refractivity contribution in [3.05, 3.63) is 77.9 Å². The van der Waals surface area contributed by atoms with Gasteiger partial charge in [0, 0.05) is 67.7 Å². The van der Waals surface area contributed by atoms with Crippen molar-refractivity contribution in [1.29, 1.82) is 0 Å². The summed E-state index contributed by atoms with van der Waals surface area (Å²) < 4.78 is 1.70. The van der Waals surface area contributed by atoms with Crippen LogP contribution in [0, 0.1) is 11.3 Å². The lowest BCUT2D eigenvalue weighted by Crippen LogP contribution is -2.43. The molecule has 2 fully saturated rings. The van der Waals surface area contributed by atoms with Gasteiger partial charge in [-0.2, -0.15) is 10.2 Å². The maximum Gasteiger partial charge on any atom is 0.237 e. The second-order valence-electron chi connectivity index (χ2n) is 13.9. The number of nitrogens with zero attached hydrogens (tertiary/aromatic N) is 8. The first-order chi connectivity index (χ1) is 23.3. The van der Waals surface area contributed by atoms with Gasteiger partial charge in [-0.05, 0) is 68.0 Å². The molecule has 0 radical (unpaired) electrons. The van der Waals surface area contributed by atoms with E-state index < -0.39 is 5.41 Å². The van der Waals surface area contributed by atoms with Gasteiger partial charge >= 0.3 is 0 Å². The molecule has 2 amide bonds. The third kappa shape index (κ3) is 5.45. The fraction of sp³-hybridized carbons (Fsp3) is 0.405. The Bertz CT molecular complexity index is 1990. The highest BCUT2D eigenvalue weighted by molar-refractivity contribution is 6.02. The number of aliphatic imine (C=N–C) groups is 1. The molecule has 11 heteroatoms. The van der Waals surface area contributed by atoms with Crippen LogP contribution in [0.25, 0.3) is 27.9 Å². The Morgan fingerprint density at radius 3 is 2.62 bits per heavy atom. The number of aromatic amines is 1. The summed E-state index contributed by atoms with van der Waals surface area (Å²) in [6.07, 6.45) is 10.5. The van der Waals surface area contributed by atoms with Crippen LogP contribution in [-0.2, 0) is 16.6 Å². The lowest BCUT2D eigenvalue weighted by molar-refractivity contribution is -0.132. The summed E-state index contributed by atoms with van der Waals surface area (Å²) >= 11 is 0. The predicted octanol–water partition coefficient (Wildman–Crippen LogP) is 4.81. The molecule has 0 aliphatic carbocycles. The lowest BCUT2D eigenvalue weighted by atomic mass is 9.85. The molecule has 6 heterocycles. The van der Waals surface area contributed by atoms with E-state index >= 15 is 0 Å². The third-order valence-corrected chi connectivity index (χ3v) is 10.7. The van der Waals surface area contributed by atoms with Crippen molar-refractivity contribution >= 4 is 40.2 Å². The molecule has 4 aromatic rings. The topological polar surface area (TPSA) is 116 Å². The smallest absolute Gasteiger partial charge is 0.237 e. The number of aromatic nitrogens is 5. The first-order valence-electron chi connectivity index (χ1n) is 16.9. The van der Waals surface area contributed by atoms with Crippen LogP contribution in [0.5, 0.6) is 0 Å². The van der Waals surface area contributed by atoms with E-state index in [2.05, 4.69) is 79.6 Å². The Morgan fingerprint density at radius 2 is 1.88 bits per heavy atom. The van der Waals surface area contributed by atoms with Gasteiger partial charge in [-0.15, -0.1) is 0 Å². The molecule has 246 valence electrons. The van der Waals surface area contributed by atoms with Gasteiger partial charge in [0.25, 0.3) is 0 Å². The Kier molecular flexibility index (Phi) is 7.59. The van der Waals surface area contributed by atoms with Crippen LogP contribution >= 0.6 is 0 Å². The minimum atomic E-state index is -0.437. The van der Waals surface area contributed by atoms with Gasteiger partial charge in [0.2, 0.25) is 11.8 Å². The van der Waals surface area contributed by atoms with Gasteiger partial charge in [0.1, 0.15) is 6.33 Å². The van der Waals surface area contributed by atoms with Gasteiger partial charge in [0.05, 0.1) is 23.2 Å². The Hall–Kier alpha value is -4.90. The summed E-state index contributed by atoms with van der Waals surface area (Å²) in [7, 11) is 1.86. The molecule has 2 aromatic heterocycles. The number of benzene rings is 2. The van der Waals surface area contributed by atoms with E-state index in [-0.39, 0.29) is 17.7 Å². The van der Waals surface area contributed by atoms with E-state index in [4.69, 9.17) is 0 Å². The van der Waals surface area contributed by atoms with Crippen LogP contribution in [0.3, 0.4) is 0 Å². The zero-order chi connectivity index (χ0) is 33.0. The van der Waals surface area contributed by atoms with Crippen molar-refractivity contribution in [2.75, 3.05) is 44.2 Å². The second kappa shape index (κ2) is 12.0. The van der Waals surface area contributed by atoms with E-state index in [0.29, 0.717) is 44.5 Å². The number of hydrogen-bond acceptors (Lipinski definition) is 7. The molecular weight excluding hydrogens is 602 g/mol. The number of aryl methyl sites for hydroxylation is 1. The van der Waals surface area contributed by atoms with Gasteiger partial charge in [0.15, 0.2) is 5.82 Å². The number of anilines is 1. The standard InChI is InChI=1S/C37H41N9O2/c1-24-18-25(2)38-20-31(24)34-30-19-29(8-9-32(30)40-41-34)46-17-13-37(36(46)48)12-16-44(22-37)21-33(47)45-14-10-27(11-15-45)26-4-6-28(7-5-26)35-39-23-43(3)42-35/h4-10,18-20,23-24,31H,11-17,21-22H2,1-3H3,(H,40,41). The van der Waals surface area contributed by atoms with Crippen molar-refractivity contribution in [2.24, 2.45) is 23.4 Å². The van der Waals surface area contributed by atoms with Gasteiger partial charge in [-0.1, -0.05) is 43.3 Å². The van der Waals surface area contributed by atoms with Crippen molar-refractivity contribution in [3.63, 3.8) is 0 Å². The van der Waals surface area contributed by atoms with Crippen molar-refractivity contribution < 1.29 is 9.59 Å². The first kappa shape index (κ1) is 30.4. The SMILES string of the molecule is CC1=CC(C)C(c2[nH]nc3ccc(N4CCC5(CCN(CC(=O)N6CC=C(c7ccc(-c8ncn(C)n8)cc7)CC6)C5)C4=O)cc23)C=N1. The number of H-pyrrole nitrogens is 1. The largest absolute Gasteiger partial charge is 0.338 e. The molecule has 2 aromatic carbocycles. The fourth-order valence-corrected chi connectivity index (χ4v) is 7.93. The molecule has 48 heavy (non-hydrogen) atoms. The van der Waals surface area contributed by atoms with E-state index in [1.165, 1.54) is 11.1 Å². The lowest BCUT2D eigenvalue weighted by Gasteiger charge is -2.29. The zero-order valence-electron chi connectivity index (χ0n) is 27.8. The summed E-state index contributed by atoms with van der Waals surface area (Å²) in [5, 5.41) is 13.2. The number of fused-ring (bicyclic) bond motifs is 1. The Balaban J connectivity index is 0.891. The molecule has 3 unspecified atom stereocenters. The minimum Gasteiger partial charge on any atom is -0.338 e. The number of allylic oxidation sites excluding steroid dienone is 2. The van der Waals surface area contributed by atoms with Crippen molar-refractivity contribution in [2.45, 2.75) is 39.0 Å². The molecule has 3 atom stereocenters. The molecule has 0 saturated carbocycles. The Morgan fingerprint density at radius 1 is 1.06 bits per heavy atom. The van der Waals surface area contributed by atoms with Crippen LogP contribution in [0.4, 0.5) is 5.69 Å². The normalized spacial score (nSPS) is 24.6. The number of carbonyl (C=O) groups excluding carboxylic acids is 2. The van der Waals surface area contributed by atoms with Crippen LogP contribution in [0.15, 0.2) is 71.6 Å². The van der Waals surface area contributed by atoms with Crippen LogP contribution in [0.1, 0.15) is 50.3 Å². The highest BCUT2D eigenvalue weighted by Crippen LogP contribution is 2.43. The van der Waals surface area contributed by atoms with Crippen molar-refractivity contribution in [1.82, 2.24) is 34.8 Å². The van der Waals surface area contributed by atoms with E-state index in [0.717, 1.165) is 59.4 Å². The molecule has 4 aliphatic heterocycles. The molecule has 11 nitrogen and oxygen atoms in total. The number of rotatable bonds is 6. The van der Waals surface area contributed by atoms with Gasteiger partial charge < -0.3 is 9.80 Å². The predicted molar refractivity (Wildman–Crippen MR) is 186 cm³/mol. The molecule has 2 saturated heterocycles. The number of carbonyl (C=O) groups is 2. The Labute approximate surface area is 280 Å². The molecule has 0 bridgehead atoms. The van der Waals surface area contributed by atoms with Gasteiger partial charge in [-0.3, -0.25) is 29.3 Å². The molecule has 4 aliphatic rings. The van der Waals surface area contributed by atoms with Crippen LogP contribution < -0.4 is 4.90 Å². The van der Waals surface area contributed by atoms with E-state index in [1.807, 2.05) is 42.1 Å². The van der Waals surface area contributed by atoms with E-state index in [1.54, 1.807) is 11.0 Å². The van der Waals surface area contributed by atoms with E-state index in [9.17, 15) is 9.59 Å². The zero-order valence-corrected chi connectivity index (χ0v) is 27.8. The van der Waals surface area contributed by atoms with Crippen LogP contribution in [0.2, 0.25) is 0 Å². The summed E-state index contributed by atoms with van der Waals surface area (Å²) in [6.45, 7) is 7.93. The quantitative estimate of drug-likeness (QED) is 0.323. The summed E-state index contributed by atoms with van der Waals surface area (Å²) in [4.78, 5) is 42.4. The number of likely N-dealkylation sites (tertiary alicyclic amines) is 1. The summed E-state index contributed by atoms with van der Waals surface area (Å²) in [5.41, 5.74) is 6.84. The van der Waals surface area contributed by atoms with Crippen LogP contribution in [-0.4, -0.2) is 92.1 Å². The maximum absolute atomic E-state index is 14.0. The second-order valence-corrected chi connectivity index (χ2v) is 13.9. The first-order valence-corrected chi connectivity index (χ1v) is 16.9.